The Hall–Kier alpha value is -3.74. The number of halogens is 3. The van der Waals surface area contributed by atoms with Gasteiger partial charge in [0, 0.05) is 37.5 Å². The Balaban J connectivity index is 1.68. The summed E-state index contributed by atoms with van der Waals surface area (Å²) in [5.41, 5.74) is 1.22. The summed E-state index contributed by atoms with van der Waals surface area (Å²) in [4.78, 5) is 26.5. The van der Waals surface area contributed by atoms with Crippen LogP contribution in [-0.2, 0) is 32.4 Å². The van der Waals surface area contributed by atoms with Crippen molar-refractivity contribution in [2.24, 2.45) is 0 Å². The molecule has 0 spiro atoms. The van der Waals surface area contributed by atoms with Gasteiger partial charge in [-0.1, -0.05) is 36.4 Å². The predicted molar refractivity (Wildman–Crippen MR) is 160 cm³/mol. The highest BCUT2D eigenvalue weighted by molar-refractivity contribution is 7.88. The number of ketones is 1. The fraction of sp³-hybridized carbons (Fsp3) is 0.375. The number of carbonyl (C=O) groups excluding carboxylic acids is 2. The van der Waals surface area contributed by atoms with Crippen molar-refractivity contribution in [1.82, 2.24) is 14.9 Å². The summed E-state index contributed by atoms with van der Waals surface area (Å²) in [6, 6.07) is 13.2. The van der Waals surface area contributed by atoms with Gasteiger partial charge >= 0.3 is 6.09 Å². The van der Waals surface area contributed by atoms with Crippen LogP contribution < -0.4 is 10.6 Å². The molecule has 0 saturated carbocycles. The van der Waals surface area contributed by atoms with Crippen LogP contribution in [0.25, 0.3) is 0 Å². The maximum Gasteiger partial charge on any atom is 0.407 e. The van der Waals surface area contributed by atoms with Crippen molar-refractivity contribution in [3.8, 4) is 0 Å². The Bertz CT molecular complexity index is 1560. The molecule has 1 amide bonds. The molecule has 3 aromatic carbocycles. The minimum Gasteiger partial charge on any atom is -0.453 e. The second-order valence-electron chi connectivity index (χ2n) is 11.0. The molecule has 3 aromatic rings. The first kappa shape index (κ1) is 33.2. The highest BCUT2D eigenvalue weighted by atomic mass is 32.2. The standard InChI is InChI=1S/C32H36F3N3O5S/c1-20-18-36-19-26(38(20)44(3,41)42)13-14-27-21(7-6-12-28(27)35)17-29(39)31(37-32(40)43-2)30(22-8-4-10-24(33)15-22)23-9-5-11-25(34)16-23/h4-12,15-16,20,26,30-31,36H,13-14,17-19H2,1-3H3,(H,37,40)/t20-,26-,31+/m0/s1. The summed E-state index contributed by atoms with van der Waals surface area (Å²) < 4.78 is 75.2. The number of rotatable bonds is 11. The molecule has 4 rings (SSSR count). The van der Waals surface area contributed by atoms with Gasteiger partial charge in [0.2, 0.25) is 10.0 Å². The van der Waals surface area contributed by atoms with Crippen molar-refractivity contribution in [2.45, 2.75) is 50.2 Å². The summed E-state index contributed by atoms with van der Waals surface area (Å²) in [6.45, 7) is 2.69. The molecule has 0 aromatic heterocycles. The SMILES string of the molecule is COC(=O)N[C@H](C(=O)Cc1cccc(F)c1CC[C@H]1CNC[C@H](C)N1S(C)(=O)=O)C(c1cccc(F)c1)c1cccc(F)c1. The third-order valence-corrected chi connectivity index (χ3v) is 9.28. The van der Waals surface area contributed by atoms with E-state index < -0.39 is 57.4 Å². The molecule has 1 fully saturated rings. The topological polar surface area (TPSA) is 105 Å². The normalized spacial score (nSPS) is 18.2. The van der Waals surface area contributed by atoms with E-state index in [0.29, 0.717) is 36.2 Å². The molecule has 12 heteroatoms. The Morgan fingerprint density at radius 2 is 1.61 bits per heavy atom. The molecular weight excluding hydrogens is 595 g/mol. The lowest BCUT2D eigenvalue weighted by molar-refractivity contribution is -0.120. The van der Waals surface area contributed by atoms with E-state index in [4.69, 9.17) is 4.74 Å². The minimum atomic E-state index is -3.52. The van der Waals surface area contributed by atoms with E-state index in [9.17, 15) is 26.8 Å². The lowest BCUT2D eigenvalue weighted by Crippen LogP contribution is -2.58. The lowest BCUT2D eigenvalue weighted by atomic mass is 9.81. The zero-order chi connectivity index (χ0) is 32.0. The monoisotopic (exact) mass is 631 g/mol. The van der Waals surface area contributed by atoms with Gasteiger partial charge in [-0.25, -0.2) is 26.4 Å². The van der Waals surface area contributed by atoms with Crippen LogP contribution in [0.3, 0.4) is 0 Å². The summed E-state index contributed by atoms with van der Waals surface area (Å²) in [5, 5.41) is 5.75. The second-order valence-corrected chi connectivity index (χ2v) is 12.9. The first-order valence-electron chi connectivity index (χ1n) is 14.2. The van der Waals surface area contributed by atoms with Crippen molar-refractivity contribution in [3.63, 3.8) is 0 Å². The van der Waals surface area contributed by atoms with E-state index in [0.717, 1.165) is 13.4 Å². The quantitative estimate of drug-likeness (QED) is 0.327. The number of hydrogen-bond acceptors (Lipinski definition) is 6. The molecule has 0 unspecified atom stereocenters. The first-order valence-corrected chi connectivity index (χ1v) is 16.1. The van der Waals surface area contributed by atoms with Crippen molar-refractivity contribution in [2.75, 3.05) is 26.5 Å². The van der Waals surface area contributed by atoms with Crippen molar-refractivity contribution in [1.29, 1.82) is 0 Å². The third kappa shape index (κ3) is 8.04. The maximum atomic E-state index is 15.3. The number of Topliss-reactive ketones (excluding diaryl/α,β-unsaturated/α-hetero) is 1. The van der Waals surface area contributed by atoms with Crippen molar-refractivity contribution in [3.05, 3.63) is 106 Å². The van der Waals surface area contributed by atoms with E-state index in [1.165, 1.54) is 52.8 Å². The molecule has 8 nitrogen and oxygen atoms in total. The molecule has 3 atom stereocenters. The zero-order valence-corrected chi connectivity index (χ0v) is 25.5. The lowest BCUT2D eigenvalue weighted by Gasteiger charge is -2.39. The van der Waals surface area contributed by atoms with E-state index in [1.807, 2.05) is 0 Å². The van der Waals surface area contributed by atoms with Gasteiger partial charge in [-0.2, -0.15) is 4.31 Å². The van der Waals surface area contributed by atoms with Gasteiger partial charge in [0.25, 0.3) is 0 Å². The van der Waals surface area contributed by atoms with Crippen molar-refractivity contribution >= 4 is 21.9 Å². The van der Waals surface area contributed by atoms with Gasteiger partial charge in [-0.15, -0.1) is 0 Å². The summed E-state index contributed by atoms with van der Waals surface area (Å²) in [5.74, 6) is -3.29. The molecule has 1 aliphatic heterocycles. The number of piperazine rings is 1. The molecule has 1 aliphatic rings. The Morgan fingerprint density at radius 1 is 1.00 bits per heavy atom. The summed E-state index contributed by atoms with van der Waals surface area (Å²) in [7, 11) is -2.39. The predicted octanol–water partition coefficient (Wildman–Crippen LogP) is 4.33. The molecule has 44 heavy (non-hydrogen) atoms. The number of benzene rings is 3. The van der Waals surface area contributed by atoms with Gasteiger partial charge in [-0.05, 0) is 72.4 Å². The zero-order valence-electron chi connectivity index (χ0n) is 24.7. The molecule has 1 heterocycles. The molecule has 0 aliphatic carbocycles. The molecule has 0 bridgehead atoms. The molecule has 236 valence electrons. The number of sulfonamides is 1. The minimum absolute atomic E-state index is 0.146. The van der Waals surface area contributed by atoms with Gasteiger partial charge in [0.1, 0.15) is 23.5 Å². The highest BCUT2D eigenvalue weighted by Gasteiger charge is 2.36. The second kappa shape index (κ2) is 14.4. The Kier molecular flexibility index (Phi) is 10.8. The van der Waals surface area contributed by atoms with Crippen LogP contribution in [0.1, 0.15) is 41.5 Å². The van der Waals surface area contributed by atoms with Crippen LogP contribution in [-0.4, -0.2) is 69.2 Å². The number of alkyl carbamates (subject to hydrolysis) is 1. The van der Waals surface area contributed by atoms with Crippen LogP contribution in [0.2, 0.25) is 0 Å². The van der Waals surface area contributed by atoms with Gasteiger partial charge in [0.05, 0.1) is 13.4 Å². The Labute approximate surface area is 255 Å². The van der Waals surface area contributed by atoms with Gasteiger partial charge in [0.15, 0.2) is 5.78 Å². The fourth-order valence-electron chi connectivity index (χ4n) is 6.00. The number of amides is 1. The van der Waals surface area contributed by atoms with Crippen LogP contribution in [0.4, 0.5) is 18.0 Å². The van der Waals surface area contributed by atoms with E-state index in [1.54, 1.807) is 25.1 Å². The van der Waals surface area contributed by atoms with Crippen LogP contribution >= 0.6 is 0 Å². The first-order chi connectivity index (χ1) is 20.9. The van der Waals surface area contributed by atoms with E-state index >= 15 is 4.39 Å². The average Bonchev–Trinajstić information content (AvgIpc) is 2.96. The molecule has 0 radical (unpaired) electrons. The Morgan fingerprint density at radius 3 is 2.18 bits per heavy atom. The molecular formula is C32H36F3N3O5S. The largest absolute Gasteiger partial charge is 0.453 e. The van der Waals surface area contributed by atoms with Gasteiger partial charge in [-0.3, -0.25) is 4.79 Å². The van der Waals surface area contributed by atoms with Crippen LogP contribution in [0.5, 0.6) is 0 Å². The van der Waals surface area contributed by atoms with Gasteiger partial charge < -0.3 is 15.4 Å². The average molecular weight is 632 g/mol. The number of nitrogens with zero attached hydrogens (tertiary/aromatic N) is 1. The van der Waals surface area contributed by atoms with Crippen LogP contribution in [0, 0.1) is 17.5 Å². The van der Waals surface area contributed by atoms with E-state index in [2.05, 4.69) is 10.6 Å². The van der Waals surface area contributed by atoms with Crippen molar-refractivity contribution < 1.29 is 35.9 Å². The van der Waals surface area contributed by atoms with Crippen LogP contribution in [0.15, 0.2) is 66.7 Å². The van der Waals surface area contributed by atoms with E-state index in [-0.39, 0.29) is 24.4 Å². The number of ether oxygens (including phenoxy) is 1. The fourth-order valence-corrected chi connectivity index (χ4v) is 7.45. The highest BCUT2D eigenvalue weighted by Crippen LogP contribution is 2.31. The summed E-state index contributed by atoms with van der Waals surface area (Å²) in [6.07, 6.45) is 0.341. The number of carbonyl (C=O) groups is 2. The molecule has 2 N–H and O–H groups in total. The number of methoxy groups -OCH3 is 1. The molecule has 1 saturated heterocycles. The number of hydrogen-bond donors (Lipinski definition) is 2. The smallest absolute Gasteiger partial charge is 0.407 e. The third-order valence-electron chi connectivity index (χ3n) is 7.86. The maximum absolute atomic E-state index is 15.3. The number of nitrogens with one attached hydrogen (secondary N) is 2. The summed E-state index contributed by atoms with van der Waals surface area (Å²) >= 11 is 0.